The topological polar surface area (TPSA) is 112 Å². The zero-order chi connectivity index (χ0) is 32.1. The number of hydrogen-bond donors (Lipinski definition) is 0. The number of H-pyrrole nitrogens is 1. The number of ether oxygens (including phenoxy) is 3. The van der Waals surface area contributed by atoms with E-state index < -0.39 is 24.1 Å². The molecule has 1 amide bonds. The van der Waals surface area contributed by atoms with Crippen LogP contribution in [0.5, 0.6) is 11.5 Å². The van der Waals surface area contributed by atoms with Crippen molar-refractivity contribution in [2.75, 3.05) is 33.0 Å². The van der Waals surface area contributed by atoms with Crippen molar-refractivity contribution in [3.05, 3.63) is 87.2 Å². The number of thioether (sulfide) groups is 1. The molecule has 2 atom stereocenters. The second-order valence-corrected chi connectivity index (χ2v) is 13.2. The second kappa shape index (κ2) is 16.1. The number of carbonyl (C=O) groups is 2. The first-order valence-corrected chi connectivity index (χ1v) is 16.3. The van der Waals surface area contributed by atoms with Gasteiger partial charge in [0.25, 0.3) is 5.91 Å². The molecule has 2 heterocycles. The minimum absolute atomic E-state index is 0. The Morgan fingerprint density at radius 1 is 1.07 bits per heavy atom. The molecule has 1 aromatic heterocycles. The molecule has 0 radical (unpaired) electrons. The molecular formula is C32H35Cl2F2N3O6S. The van der Waals surface area contributed by atoms with Crippen LogP contribution in [0.4, 0.5) is 8.78 Å². The first kappa shape index (κ1) is 35.7. The third-order valence-corrected chi connectivity index (χ3v) is 9.45. The first-order valence-electron chi connectivity index (χ1n) is 14.5. The van der Waals surface area contributed by atoms with Crippen molar-refractivity contribution < 1.29 is 43.0 Å². The SMILES string of the molecule is CN(C)C(=O)c1ccc(CN2CCSC2C(=O)O[C@@H](Cc2c(Cl)c[nH+]cc2Cl)c2ccc(OC(F)F)c(OCC3CC3)c2)cc1.[OH-]. The van der Waals surface area contributed by atoms with Gasteiger partial charge in [-0.25, -0.2) is 9.78 Å². The normalized spacial score (nSPS) is 16.9. The van der Waals surface area contributed by atoms with Gasteiger partial charge in [0.1, 0.15) is 16.1 Å². The summed E-state index contributed by atoms with van der Waals surface area (Å²) in [5.41, 5.74) is 2.62. The average molecular weight is 699 g/mol. The summed E-state index contributed by atoms with van der Waals surface area (Å²) < 4.78 is 43.1. The van der Waals surface area contributed by atoms with Crippen molar-refractivity contribution in [3.63, 3.8) is 0 Å². The summed E-state index contributed by atoms with van der Waals surface area (Å²) >= 11 is 14.4. The Morgan fingerprint density at radius 3 is 2.39 bits per heavy atom. The molecule has 2 N–H and O–H groups in total. The lowest BCUT2D eigenvalue weighted by molar-refractivity contribution is -0.377. The lowest BCUT2D eigenvalue weighted by atomic mass is 10.0. The summed E-state index contributed by atoms with van der Waals surface area (Å²) in [6.07, 6.45) is 4.46. The van der Waals surface area contributed by atoms with Crippen LogP contribution >= 0.6 is 35.0 Å². The Hall–Kier alpha value is -3.16. The molecule has 0 spiro atoms. The molecule has 14 heteroatoms. The number of aromatic amines is 1. The van der Waals surface area contributed by atoms with Gasteiger partial charge in [-0.05, 0) is 54.2 Å². The molecule has 1 aliphatic carbocycles. The number of hydrogen-bond acceptors (Lipinski definition) is 8. The quantitative estimate of drug-likeness (QED) is 0.196. The number of pyridine rings is 1. The van der Waals surface area contributed by atoms with Gasteiger partial charge in [-0.2, -0.15) is 8.78 Å². The maximum atomic E-state index is 13.8. The Labute approximate surface area is 280 Å². The lowest BCUT2D eigenvalue weighted by Gasteiger charge is -2.26. The number of rotatable bonds is 13. The fourth-order valence-corrected chi connectivity index (χ4v) is 6.61. The van der Waals surface area contributed by atoms with Crippen molar-refractivity contribution in [1.29, 1.82) is 0 Å². The number of carbonyl (C=O) groups excluding carboxylic acids is 2. The fourth-order valence-electron chi connectivity index (χ4n) is 4.93. The van der Waals surface area contributed by atoms with E-state index >= 15 is 0 Å². The standard InChI is InChI=1S/C32H33Cl2F2N3O5S.H2O/c1-38(2)29(40)21-7-5-19(6-8-21)17-39-11-12-45-30(39)31(41)43-27(14-23-24(33)15-37-16-25(23)34)22-9-10-26(44-32(35)36)28(13-22)42-18-20-3-4-20;/h5-10,13,15-16,20,27,30,32H,3-4,11-12,14,17-18H2,1-2H3;1H2/t27-,30?;/m0./s1. The van der Waals surface area contributed by atoms with Gasteiger partial charge in [0.2, 0.25) is 0 Å². The van der Waals surface area contributed by atoms with E-state index in [1.807, 2.05) is 17.0 Å². The van der Waals surface area contributed by atoms with E-state index in [1.165, 1.54) is 22.7 Å². The minimum Gasteiger partial charge on any atom is -0.870 e. The number of benzene rings is 2. The minimum atomic E-state index is -3.03. The van der Waals surface area contributed by atoms with Crippen molar-refractivity contribution in [1.82, 2.24) is 9.80 Å². The van der Waals surface area contributed by atoms with Crippen LogP contribution in [0.1, 0.15) is 46.0 Å². The Balaban J connectivity index is 0.00000480. The highest BCUT2D eigenvalue weighted by Crippen LogP contribution is 2.38. The van der Waals surface area contributed by atoms with Gasteiger partial charge in [0, 0.05) is 50.5 Å². The number of nitrogens with one attached hydrogen (secondary N) is 1. The van der Waals surface area contributed by atoms with Crippen LogP contribution in [0.15, 0.2) is 54.9 Å². The molecular weight excluding hydrogens is 663 g/mol. The van der Waals surface area contributed by atoms with E-state index in [0.29, 0.717) is 52.3 Å². The van der Waals surface area contributed by atoms with E-state index in [-0.39, 0.29) is 29.3 Å². The molecule has 5 rings (SSSR count). The Morgan fingerprint density at radius 2 is 1.76 bits per heavy atom. The Kier molecular flexibility index (Phi) is 12.5. The number of nitrogens with zero attached hydrogens (tertiary/aromatic N) is 2. The maximum absolute atomic E-state index is 13.8. The largest absolute Gasteiger partial charge is 0.870 e. The highest BCUT2D eigenvalue weighted by Gasteiger charge is 2.35. The van der Waals surface area contributed by atoms with Crippen LogP contribution in [0, 0.1) is 5.92 Å². The number of halogens is 4. The lowest BCUT2D eigenvalue weighted by Crippen LogP contribution is -2.36. The highest BCUT2D eigenvalue weighted by molar-refractivity contribution is 8.00. The van der Waals surface area contributed by atoms with Crippen LogP contribution < -0.4 is 14.5 Å². The van der Waals surface area contributed by atoms with Gasteiger partial charge in [-0.3, -0.25) is 9.69 Å². The molecule has 9 nitrogen and oxygen atoms in total. The fraction of sp³-hybridized carbons (Fsp3) is 0.406. The van der Waals surface area contributed by atoms with E-state index in [1.54, 1.807) is 50.8 Å². The van der Waals surface area contributed by atoms with Gasteiger partial charge >= 0.3 is 12.6 Å². The van der Waals surface area contributed by atoms with Gasteiger partial charge < -0.3 is 24.6 Å². The van der Waals surface area contributed by atoms with Crippen molar-refractivity contribution in [2.24, 2.45) is 5.92 Å². The third-order valence-electron chi connectivity index (χ3n) is 7.55. The smallest absolute Gasteiger partial charge is 0.387 e. The van der Waals surface area contributed by atoms with Crippen LogP contribution in [0.2, 0.25) is 10.0 Å². The zero-order valence-corrected chi connectivity index (χ0v) is 27.6. The van der Waals surface area contributed by atoms with Crippen molar-refractivity contribution >= 4 is 46.8 Å². The van der Waals surface area contributed by atoms with Crippen LogP contribution in [-0.2, 0) is 22.5 Å². The van der Waals surface area contributed by atoms with Crippen molar-refractivity contribution in [3.8, 4) is 11.5 Å². The molecule has 3 aromatic rings. The highest BCUT2D eigenvalue weighted by atomic mass is 35.5. The molecule has 1 saturated carbocycles. The summed E-state index contributed by atoms with van der Waals surface area (Å²) in [5.74, 6) is 0.609. The Bertz CT molecular complexity index is 1490. The number of aromatic nitrogens is 1. The van der Waals surface area contributed by atoms with E-state index in [0.717, 1.165) is 24.2 Å². The van der Waals surface area contributed by atoms with Gasteiger partial charge in [-0.15, -0.1) is 11.8 Å². The van der Waals surface area contributed by atoms with Gasteiger partial charge in [-0.1, -0.05) is 41.4 Å². The van der Waals surface area contributed by atoms with Crippen molar-refractivity contribution in [2.45, 2.75) is 43.9 Å². The summed E-state index contributed by atoms with van der Waals surface area (Å²) in [6, 6.07) is 11.9. The molecule has 1 unspecified atom stereocenters. The number of amides is 1. The average Bonchev–Trinajstić information content (AvgIpc) is 3.73. The molecule has 2 aliphatic rings. The predicted octanol–water partition coefficient (Wildman–Crippen LogP) is 6.12. The van der Waals surface area contributed by atoms with Crippen LogP contribution in [0.3, 0.4) is 0 Å². The van der Waals surface area contributed by atoms with E-state index in [9.17, 15) is 18.4 Å². The monoisotopic (exact) mass is 697 g/mol. The molecule has 46 heavy (non-hydrogen) atoms. The number of alkyl halides is 2. The summed E-state index contributed by atoms with van der Waals surface area (Å²) in [6.45, 7) is -1.50. The summed E-state index contributed by atoms with van der Waals surface area (Å²) in [5, 5.41) is 0.136. The molecule has 2 aromatic carbocycles. The van der Waals surface area contributed by atoms with E-state index in [2.05, 4.69) is 4.98 Å². The van der Waals surface area contributed by atoms with Crippen LogP contribution in [-0.4, -0.2) is 72.1 Å². The summed E-state index contributed by atoms with van der Waals surface area (Å²) in [4.78, 5) is 32.5. The van der Waals surface area contributed by atoms with Crippen LogP contribution in [0.25, 0.3) is 0 Å². The third kappa shape index (κ3) is 9.22. The second-order valence-electron chi connectivity index (χ2n) is 11.2. The summed E-state index contributed by atoms with van der Waals surface area (Å²) in [7, 11) is 3.40. The maximum Gasteiger partial charge on any atom is 0.387 e. The zero-order valence-electron chi connectivity index (χ0n) is 25.3. The van der Waals surface area contributed by atoms with Gasteiger partial charge in [0.05, 0.1) is 6.61 Å². The van der Waals surface area contributed by atoms with E-state index in [4.69, 9.17) is 37.4 Å². The predicted molar refractivity (Wildman–Crippen MR) is 170 cm³/mol. The molecule has 0 bridgehead atoms. The first-order chi connectivity index (χ1) is 21.6. The molecule has 1 saturated heterocycles. The molecule has 2 fully saturated rings. The molecule has 1 aliphatic heterocycles. The molecule has 248 valence electrons. The van der Waals surface area contributed by atoms with Gasteiger partial charge in [0.15, 0.2) is 29.3 Å². The number of esters is 1.